The molecule has 1 aromatic heterocycles. The topological polar surface area (TPSA) is 22.0 Å². The fraction of sp³-hybridized carbons (Fsp3) is 0.0556. The van der Waals surface area contributed by atoms with Gasteiger partial charge in [-0.2, -0.15) is 0 Å². The van der Waals surface area contributed by atoms with Crippen LogP contribution in [0, 0.1) is 5.82 Å². The highest BCUT2D eigenvalue weighted by Gasteiger charge is 2.10. The van der Waals surface area contributed by atoms with E-state index < -0.39 is 0 Å². The predicted octanol–water partition coefficient (Wildman–Crippen LogP) is 3.86. The number of halogens is 1. The molecular weight excluding hydrogens is 265 g/mol. The lowest BCUT2D eigenvalue weighted by Crippen LogP contribution is -2.11. The van der Waals surface area contributed by atoms with Crippen LogP contribution in [0.15, 0.2) is 71.8 Å². The van der Waals surface area contributed by atoms with Crippen LogP contribution in [-0.2, 0) is 7.05 Å². The highest BCUT2D eigenvalue weighted by atomic mass is 19.1. The molecule has 3 rings (SSSR count). The van der Waals surface area contributed by atoms with Crippen LogP contribution in [-0.4, -0.2) is 4.57 Å². The van der Waals surface area contributed by atoms with E-state index in [0.717, 1.165) is 11.1 Å². The number of aryl methyl sites for hydroxylation is 1. The van der Waals surface area contributed by atoms with E-state index in [1.807, 2.05) is 48.1 Å². The number of pyridine rings is 1. The molecule has 0 aliphatic rings. The first-order chi connectivity index (χ1) is 10.1. The van der Waals surface area contributed by atoms with Gasteiger partial charge in [-0.25, -0.2) is 4.39 Å². The molecule has 0 amide bonds. The molecule has 3 aromatic rings. The second-order valence-electron chi connectivity index (χ2n) is 4.95. The van der Waals surface area contributed by atoms with Crippen LogP contribution >= 0.6 is 0 Å². The molecule has 21 heavy (non-hydrogen) atoms. The minimum absolute atomic E-state index is 0.0501. The largest absolute Gasteiger partial charge is 0.356 e. The van der Waals surface area contributed by atoms with Gasteiger partial charge in [0, 0.05) is 30.6 Å². The molecule has 0 bridgehead atoms. The summed E-state index contributed by atoms with van der Waals surface area (Å²) >= 11 is 0. The van der Waals surface area contributed by atoms with Crippen molar-refractivity contribution in [1.82, 2.24) is 4.57 Å². The minimum atomic E-state index is -0.310. The molecule has 0 aliphatic carbocycles. The van der Waals surface area contributed by atoms with Crippen molar-refractivity contribution in [2.45, 2.75) is 0 Å². The molecular formula is C18H14FNO. The second kappa shape index (κ2) is 5.37. The zero-order chi connectivity index (χ0) is 14.8. The first-order valence-corrected chi connectivity index (χ1v) is 6.67. The van der Waals surface area contributed by atoms with Gasteiger partial charge in [0.15, 0.2) is 5.43 Å². The van der Waals surface area contributed by atoms with Crippen LogP contribution in [0.25, 0.3) is 22.3 Å². The van der Waals surface area contributed by atoms with Gasteiger partial charge in [-0.05, 0) is 23.3 Å². The van der Waals surface area contributed by atoms with Crippen molar-refractivity contribution in [2.75, 3.05) is 0 Å². The number of rotatable bonds is 2. The van der Waals surface area contributed by atoms with Crippen LogP contribution in [0.4, 0.5) is 4.39 Å². The summed E-state index contributed by atoms with van der Waals surface area (Å²) in [5, 5.41) is 0. The van der Waals surface area contributed by atoms with Gasteiger partial charge in [0.25, 0.3) is 0 Å². The highest BCUT2D eigenvalue weighted by Crippen LogP contribution is 2.21. The predicted molar refractivity (Wildman–Crippen MR) is 82.5 cm³/mol. The fourth-order valence-corrected chi connectivity index (χ4v) is 2.37. The molecule has 104 valence electrons. The molecule has 1 heterocycles. The van der Waals surface area contributed by atoms with Crippen LogP contribution < -0.4 is 5.43 Å². The Kier molecular flexibility index (Phi) is 3.40. The van der Waals surface area contributed by atoms with E-state index in [-0.39, 0.29) is 11.2 Å². The fourth-order valence-electron chi connectivity index (χ4n) is 2.37. The summed E-state index contributed by atoms with van der Waals surface area (Å²) in [4.78, 5) is 12.7. The van der Waals surface area contributed by atoms with E-state index >= 15 is 0 Å². The maximum absolute atomic E-state index is 13.0. The van der Waals surface area contributed by atoms with Gasteiger partial charge < -0.3 is 4.57 Å². The van der Waals surface area contributed by atoms with Crippen LogP contribution in [0.5, 0.6) is 0 Å². The van der Waals surface area contributed by atoms with Gasteiger partial charge in [0.05, 0.1) is 0 Å². The number of aromatic nitrogens is 1. The Morgan fingerprint density at radius 2 is 1.33 bits per heavy atom. The molecule has 0 unspecified atom stereocenters. The van der Waals surface area contributed by atoms with E-state index in [9.17, 15) is 9.18 Å². The van der Waals surface area contributed by atoms with Gasteiger partial charge in [-0.1, -0.05) is 42.5 Å². The van der Waals surface area contributed by atoms with Crippen LogP contribution in [0.1, 0.15) is 0 Å². The molecule has 0 atom stereocenters. The molecule has 0 aliphatic heterocycles. The van der Waals surface area contributed by atoms with Crippen molar-refractivity contribution in [2.24, 2.45) is 7.05 Å². The van der Waals surface area contributed by atoms with E-state index in [2.05, 4.69) is 0 Å². The normalized spacial score (nSPS) is 10.6. The van der Waals surface area contributed by atoms with E-state index in [4.69, 9.17) is 0 Å². The van der Waals surface area contributed by atoms with Gasteiger partial charge in [0.2, 0.25) is 0 Å². The third-order valence-corrected chi connectivity index (χ3v) is 3.39. The summed E-state index contributed by atoms with van der Waals surface area (Å²) in [5.41, 5.74) is 2.75. The number of hydrogen-bond donors (Lipinski definition) is 0. The first-order valence-electron chi connectivity index (χ1n) is 6.67. The van der Waals surface area contributed by atoms with Crippen molar-refractivity contribution in [3.8, 4) is 22.3 Å². The third-order valence-electron chi connectivity index (χ3n) is 3.39. The smallest absolute Gasteiger partial charge is 0.197 e. The molecule has 0 saturated carbocycles. The van der Waals surface area contributed by atoms with Gasteiger partial charge in [0.1, 0.15) is 5.82 Å². The molecule has 3 heteroatoms. The lowest BCUT2D eigenvalue weighted by atomic mass is 10.0. The second-order valence-corrected chi connectivity index (χ2v) is 4.95. The average Bonchev–Trinajstić information content (AvgIpc) is 2.51. The third kappa shape index (κ3) is 2.63. The zero-order valence-corrected chi connectivity index (χ0v) is 11.6. The molecule has 0 saturated heterocycles. The zero-order valence-electron chi connectivity index (χ0n) is 11.6. The Hall–Kier alpha value is -2.68. The average molecular weight is 279 g/mol. The summed E-state index contributed by atoms with van der Waals surface area (Å²) < 4.78 is 14.9. The van der Waals surface area contributed by atoms with E-state index in [1.165, 1.54) is 12.1 Å². The lowest BCUT2D eigenvalue weighted by Gasteiger charge is -2.09. The van der Waals surface area contributed by atoms with Crippen molar-refractivity contribution in [3.63, 3.8) is 0 Å². The molecule has 0 N–H and O–H groups in total. The Labute approximate surface area is 122 Å². The summed E-state index contributed by atoms with van der Waals surface area (Å²) in [5.74, 6) is -0.310. The van der Waals surface area contributed by atoms with Gasteiger partial charge in [-0.3, -0.25) is 4.79 Å². The summed E-state index contributed by atoms with van der Waals surface area (Å²) in [6.07, 6.45) is 3.58. The molecule has 0 fully saturated rings. The SMILES string of the molecule is Cn1cc(-c2ccccc2)c(=O)c(-c2ccc(F)cc2)c1. The Bertz CT molecular complexity index is 820. The Morgan fingerprint density at radius 1 is 0.810 bits per heavy atom. The van der Waals surface area contributed by atoms with Crippen molar-refractivity contribution in [1.29, 1.82) is 0 Å². The van der Waals surface area contributed by atoms with Gasteiger partial charge in [-0.15, -0.1) is 0 Å². The van der Waals surface area contributed by atoms with Crippen LogP contribution in [0.3, 0.4) is 0 Å². The quantitative estimate of drug-likeness (QED) is 0.698. The Morgan fingerprint density at radius 3 is 1.90 bits per heavy atom. The highest BCUT2D eigenvalue weighted by molar-refractivity contribution is 5.71. The lowest BCUT2D eigenvalue weighted by molar-refractivity contribution is 0.628. The van der Waals surface area contributed by atoms with Crippen molar-refractivity contribution in [3.05, 3.63) is 83.0 Å². The van der Waals surface area contributed by atoms with Crippen LogP contribution in [0.2, 0.25) is 0 Å². The molecule has 0 spiro atoms. The standard InChI is InChI=1S/C18H14FNO/c1-20-11-16(13-5-3-2-4-6-13)18(21)17(12-20)14-7-9-15(19)10-8-14/h2-12H,1H3. The molecule has 0 radical (unpaired) electrons. The monoisotopic (exact) mass is 279 g/mol. The first kappa shape index (κ1) is 13.3. The summed E-state index contributed by atoms with van der Waals surface area (Å²) in [7, 11) is 1.87. The Balaban J connectivity index is 2.22. The number of benzene rings is 2. The maximum atomic E-state index is 13.0. The molecule has 2 aromatic carbocycles. The van der Waals surface area contributed by atoms with E-state index in [0.29, 0.717) is 11.1 Å². The summed E-state index contributed by atoms with van der Waals surface area (Å²) in [6, 6.07) is 15.5. The maximum Gasteiger partial charge on any atom is 0.197 e. The number of nitrogens with zero attached hydrogens (tertiary/aromatic N) is 1. The minimum Gasteiger partial charge on any atom is -0.356 e. The number of hydrogen-bond acceptors (Lipinski definition) is 1. The van der Waals surface area contributed by atoms with E-state index in [1.54, 1.807) is 18.3 Å². The van der Waals surface area contributed by atoms with Gasteiger partial charge >= 0.3 is 0 Å². The summed E-state index contributed by atoms with van der Waals surface area (Å²) in [6.45, 7) is 0. The van der Waals surface area contributed by atoms with Crippen molar-refractivity contribution >= 4 is 0 Å². The van der Waals surface area contributed by atoms with Crippen molar-refractivity contribution < 1.29 is 4.39 Å². The molecule has 2 nitrogen and oxygen atoms in total.